The summed E-state index contributed by atoms with van der Waals surface area (Å²) in [6.45, 7) is 2.68. The molecular formula is C15H28N2O3S. The molecule has 122 valence electrons. The second-order valence-corrected chi connectivity index (χ2v) is 8.36. The first-order chi connectivity index (χ1) is 9.98. The quantitative estimate of drug-likeness (QED) is 0.701. The van der Waals surface area contributed by atoms with E-state index in [0.717, 1.165) is 51.5 Å². The van der Waals surface area contributed by atoms with Crippen molar-refractivity contribution in [3.05, 3.63) is 11.8 Å². The first-order valence-electron chi connectivity index (χ1n) is 8.10. The maximum absolute atomic E-state index is 11.6. The summed E-state index contributed by atoms with van der Waals surface area (Å²) in [5.41, 5.74) is 0. The number of hydrogen-bond donors (Lipinski definition) is 3. The average molecular weight is 316 g/mol. The van der Waals surface area contributed by atoms with Gasteiger partial charge in [0.2, 0.25) is 10.0 Å². The van der Waals surface area contributed by atoms with Crippen LogP contribution in [0.4, 0.5) is 0 Å². The number of allylic oxidation sites excluding steroid dienone is 1. The number of nitrogens with one attached hydrogen (secondary N) is 2. The molecule has 2 aliphatic rings. The van der Waals surface area contributed by atoms with Crippen LogP contribution in [0, 0.1) is 5.92 Å². The Bertz CT molecular complexity index is 454. The second kappa shape index (κ2) is 7.61. The summed E-state index contributed by atoms with van der Waals surface area (Å²) in [7, 11) is -3.07. The Morgan fingerprint density at radius 3 is 2.48 bits per heavy atom. The largest absolute Gasteiger partial charge is 0.513 e. The first-order valence-corrected chi connectivity index (χ1v) is 9.75. The highest BCUT2D eigenvalue weighted by Crippen LogP contribution is 2.25. The molecule has 0 amide bonds. The molecular weight excluding hydrogens is 288 g/mol. The fourth-order valence-electron chi connectivity index (χ4n) is 3.16. The van der Waals surface area contributed by atoms with E-state index in [0.29, 0.717) is 17.7 Å². The fraction of sp³-hybridized carbons (Fsp3) is 0.867. The summed E-state index contributed by atoms with van der Waals surface area (Å²) in [5.74, 6) is 1.33. The molecule has 0 radical (unpaired) electrons. The van der Waals surface area contributed by atoms with Crippen molar-refractivity contribution in [1.29, 1.82) is 0 Å². The highest BCUT2D eigenvalue weighted by Gasteiger charge is 2.24. The van der Waals surface area contributed by atoms with Gasteiger partial charge < -0.3 is 10.4 Å². The van der Waals surface area contributed by atoms with E-state index in [9.17, 15) is 13.5 Å². The zero-order valence-electron chi connectivity index (χ0n) is 12.8. The Labute approximate surface area is 128 Å². The van der Waals surface area contributed by atoms with Gasteiger partial charge >= 0.3 is 0 Å². The summed E-state index contributed by atoms with van der Waals surface area (Å²) in [4.78, 5) is 0. The number of aliphatic hydroxyl groups is 1. The normalized spacial score (nSPS) is 30.9. The first kappa shape index (κ1) is 16.8. The van der Waals surface area contributed by atoms with Crippen LogP contribution in [0.3, 0.4) is 0 Å². The Morgan fingerprint density at radius 1 is 1.19 bits per heavy atom. The van der Waals surface area contributed by atoms with Gasteiger partial charge in [-0.3, -0.25) is 0 Å². The lowest BCUT2D eigenvalue weighted by Crippen LogP contribution is -2.41. The van der Waals surface area contributed by atoms with Gasteiger partial charge in [0.25, 0.3) is 0 Å². The Kier molecular flexibility index (Phi) is 6.08. The molecule has 0 aromatic heterocycles. The molecule has 1 saturated carbocycles. The van der Waals surface area contributed by atoms with E-state index in [1.807, 2.05) is 6.08 Å². The maximum Gasteiger partial charge on any atom is 0.211 e. The predicted molar refractivity (Wildman–Crippen MR) is 84.7 cm³/mol. The van der Waals surface area contributed by atoms with Crippen LogP contribution < -0.4 is 10.0 Å². The van der Waals surface area contributed by atoms with Crippen molar-refractivity contribution in [3.63, 3.8) is 0 Å². The zero-order chi connectivity index (χ0) is 15.3. The van der Waals surface area contributed by atoms with Gasteiger partial charge in [0.1, 0.15) is 0 Å². The van der Waals surface area contributed by atoms with Crippen molar-refractivity contribution in [3.8, 4) is 0 Å². The summed E-state index contributed by atoms with van der Waals surface area (Å²) in [6, 6.07) is 0.609. The van der Waals surface area contributed by atoms with Crippen LogP contribution >= 0.6 is 0 Å². The molecule has 5 nitrogen and oxygen atoms in total. The number of hydrogen-bond acceptors (Lipinski definition) is 4. The van der Waals surface area contributed by atoms with E-state index in [1.54, 1.807) is 6.92 Å². The van der Waals surface area contributed by atoms with Crippen molar-refractivity contribution >= 4 is 10.0 Å². The van der Waals surface area contributed by atoms with E-state index in [2.05, 4.69) is 10.0 Å². The third-order valence-corrected chi connectivity index (χ3v) is 6.11. The number of aliphatic hydroxyl groups excluding tert-OH is 1. The third-order valence-electron chi connectivity index (χ3n) is 4.66. The summed E-state index contributed by atoms with van der Waals surface area (Å²) in [5, 5.41) is 13.0. The SMILES string of the molecule is CCS(=O)(=O)N[C@H]1CC[C@H](CNC2CC=C(O)CC2)CC1. The molecule has 0 aromatic rings. The van der Waals surface area contributed by atoms with Crippen LogP contribution in [0.25, 0.3) is 0 Å². The van der Waals surface area contributed by atoms with E-state index in [1.165, 1.54) is 0 Å². The lowest BCUT2D eigenvalue weighted by atomic mass is 9.86. The van der Waals surface area contributed by atoms with Crippen LogP contribution in [0.15, 0.2) is 11.8 Å². The molecule has 3 N–H and O–H groups in total. The van der Waals surface area contributed by atoms with Gasteiger partial charge in [-0.15, -0.1) is 0 Å². The average Bonchev–Trinajstić information content (AvgIpc) is 2.48. The summed E-state index contributed by atoms with van der Waals surface area (Å²) >= 11 is 0. The van der Waals surface area contributed by atoms with Gasteiger partial charge in [0.15, 0.2) is 0 Å². The van der Waals surface area contributed by atoms with Crippen LogP contribution in [0.1, 0.15) is 51.9 Å². The Morgan fingerprint density at radius 2 is 1.90 bits per heavy atom. The molecule has 1 unspecified atom stereocenters. The zero-order valence-corrected chi connectivity index (χ0v) is 13.7. The molecule has 0 heterocycles. The van der Waals surface area contributed by atoms with Gasteiger partial charge in [-0.05, 0) is 64.0 Å². The molecule has 0 spiro atoms. The monoisotopic (exact) mass is 316 g/mol. The van der Waals surface area contributed by atoms with Gasteiger partial charge in [0, 0.05) is 18.5 Å². The lowest BCUT2D eigenvalue weighted by molar-refractivity contribution is 0.282. The molecule has 0 aliphatic heterocycles. The van der Waals surface area contributed by atoms with Crippen molar-refractivity contribution in [2.75, 3.05) is 12.3 Å². The molecule has 2 rings (SSSR count). The van der Waals surface area contributed by atoms with Gasteiger partial charge in [-0.1, -0.05) is 0 Å². The standard InChI is InChI=1S/C15H28N2O3S/c1-2-21(19,20)17-14-5-3-12(4-6-14)11-16-13-7-9-15(18)10-8-13/h9,12-14,16-18H,2-8,10-11H2,1H3/t12-,13?,14-. The highest BCUT2D eigenvalue weighted by atomic mass is 32.2. The Balaban J connectivity index is 1.65. The maximum atomic E-state index is 11.6. The lowest BCUT2D eigenvalue weighted by Gasteiger charge is -2.30. The van der Waals surface area contributed by atoms with Crippen LogP contribution in [0.2, 0.25) is 0 Å². The topological polar surface area (TPSA) is 78.4 Å². The molecule has 0 saturated heterocycles. The van der Waals surface area contributed by atoms with Crippen molar-refractivity contribution < 1.29 is 13.5 Å². The van der Waals surface area contributed by atoms with Crippen molar-refractivity contribution in [2.24, 2.45) is 5.92 Å². The molecule has 6 heteroatoms. The molecule has 2 aliphatic carbocycles. The van der Waals surface area contributed by atoms with E-state index in [4.69, 9.17) is 0 Å². The third kappa shape index (κ3) is 5.60. The highest BCUT2D eigenvalue weighted by molar-refractivity contribution is 7.89. The van der Waals surface area contributed by atoms with Gasteiger partial charge in [-0.25, -0.2) is 13.1 Å². The minimum absolute atomic E-state index is 0.126. The second-order valence-electron chi connectivity index (χ2n) is 6.31. The molecule has 1 atom stereocenters. The summed E-state index contributed by atoms with van der Waals surface area (Å²) < 4.78 is 25.9. The molecule has 0 aromatic carbocycles. The van der Waals surface area contributed by atoms with E-state index in [-0.39, 0.29) is 11.8 Å². The van der Waals surface area contributed by atoms with Gasteiger partial charge in [-0.2, -0.15) is 0 Å². The molecule has 0 bridgehead atoms. The fourth-order valence-corrected chi connectivity index (χ4v) is 4.07. The number of sulfonamides is 1. The van der Waals surface area contributed by atoms with Crippen molar-refractivity contribution in [1.82, 2.24) is 10.0 Å². The number of rotatable bonds is 6. The van der Waals surface area contributed by atoms with Crippen molar-refractivity contribution in [2.45, 2.75) is 64.0 Å². The van der Waals surface area contributed by atoms with Gasteiger partial charge in [0.05, 0.1) is 11.5 Å². The van der Waals surface area contributed by atoms with Crippen LogP contribution in [-0.4, -0.2) is 37.9 Å². The summed E-state index contributed by atoms with van der Waals surface area (Å²) in [6.07, 6.45) is 8.66. The van der Waals surface area contributed by atoms with Crippen LogP contribution in [0.5, 0.6) is 0 Å². The molecule has 1 fully saturated rings. The minimum atomic E-state index is -3.07. The van der Waals surface area contributed by atoms with E-state index >= 15 is 0 Å². The predicted octanol–water partition coefficient (Wildman–Crippen LogP) is 2.07. The van der Waals surface area contributed by atoms with E-state index < -0.39 is 10.0 Å². The van der Waals surface area contributed by atoms with Crippen LogP contribution in [-0.2, 0) is 10.0 Å². The smallest absolute Gasteiger partial charge is 0.211 e. The minimum Gasteiger partial charge on any atom is -0.513 e. The Hall–Kier alpha value is -0.590. The molecule has 21 heavy (non-hydrogen) atoms.